The Morgan fingerprint density at radius 1 is 0.840 bits per heavy atom. The van der Waals surface area contributed by atoms with E-state index in [1.807, 2.05) is 12.1 Å². The van der Waals surface area contributed by atoms with E-state index >= 15 is 0 Å². The Morgan fingerprint density at radius 3 is 2.16 bits per heavy atom. The molecule has 1 aromatic heterocycles. The summed E-state index contributed by atoms with van der Waals surface area (Å²) in [4.78, 5) is 15.9. The normalized spacial score (nSPS) is 10.4. The number of benzene rings is 1. The first-order chi connectivity index (χ1) is 12.3. The molecule has 4 nitrogen and oxygen atoms in total. The van der Waals surface area contributed by atoms with E-state index in [4.69, 9.17) is 9.47 Å². The number of pyridine rings is 1. The Bertz CT molecular complexity index is 611. The molecule has 25 heavy (non-hydrogen) atoms. The largest absolute Gasteiger partial charge is 0.494 e. The molecule has 134 valence electrons. The molecule has 0 saturated carbocycles. The van der Waals surface area contributed by atoms with Gasteiger partial charge in [0.1, 0.15) is 11.5 Å². The molecule has 0 atom stereocenters. The van der Waals surface area contributed by atoms with Crippen molar-refractivity contribution in [3.8, 4) is 11.5 Å². The van der Waals surface area contributed by atoms with Crippen LogP contribution in [0.5, 0.6) is 11.5 Å². The highest BCUT2D eigenvalue weighted by molar-refractivity contribution is 5.91. The first-order valence-electron chi connectivity index (χ1n) is 9.14. The number of carbonyl (C=O) groups is 1. The average molecular weight is 341 g/mol. The van der Waals surface area contributed by atoms with Crippen molar-refractivity contribution in [1.82, 2.24) is 4.98 Å². The summed E-state index contributed by atoms with van der Waals surface area (Å²) >= 11 is 0. The molecule has 0 amide bonds. The van der Waals surface area contributed by atoms with Gasteiger partial charge in [-0.05, 0) is 42.8 Å². The number of carbonyl (C=O) groups excluding carboxylic acids is 1. The van der Waals surface area contributed by atoms with Crippen LogP contribution in [0.25, 0.3) is 0 Å². The highest BCUT2D eigenvalue weighted by Gasteiger charge is 2.08. The second-order valence-electron chi connectivity index (χ2n) is 6.07. The minimum atomic E-state index is -0.384. The quantitative estimate of drug-likeness (QED) is 0.404. The van der Waals surface area contributed by atoms with Gasteiger partial charge in [-0.15, -0.1) is 0 Å². The smallest absolute Gasteiger partial charge is 0.343 e. The van der Waals surface area contributed by atoms with E-state index in [9.17, 15) is 4.79 Å². The number of rotatable bonds is 11. The second kappa shape index (κ2) is 11.2. The number of aromatic nitrogens is 1. The molecule has 0 unspecified atom stereocenters. The van der Waals surface area contributed by atoms with E-state index < -0.39 is 0 Å². The van der Waals surface area contributed by atoms with Crippen LogP contribution in [0.4, 0.5) is 0 Å². The van der Waals surface area contributed by atoms with E-state index in [0.29, 0.717) is 17.9 Å². The van der Waals surface area contributed by atoms with Crippen LogP contribution < -0.4 is 9.47 Å². The van der Waals surface area contributed by atoms with Gasteiger partial charge in [0.2, 0.25) is 0 Å². The Balaban J connectivity index is 1.66. The lowest BCUT2D eigenvalue weighted by Crippen LogP contribution is -2.08. The fourth-order valence-electron chi connectivity index (χ4n) is 2.51. The number of ether oxygens (including phenoxy) is 2. The molecule has 0 aliphatic heterocycles. The fraction of sp³-hybridized carbons (Fsp3) is 0.429. The zero-order chi connectivity index (χ0) is 17.7. The minimum absolute atomic E-state index is 0.384. The Labute approximate surface area is 150 Å². The van der Waals surface area contributed by atoms with Crippen molar-refractivity contribution in [2.45, 2.75) is 51.9 Å². The maximum Gasteiger partial charge on any atom is 0.343 e. The van der Waals surface area contributed by atoms with Gasteiger partial charge in [0.05, 0.1) is 12.2 Å². The summed E-state index contributed by atoms with van der Waals surface area (Å²) in [7, 11) is 0. The zero-order valence-corrected chi connectivity index (χ0v) is 14.9. The predicted molar refractivity (Wildman–Crippen MR) is 99.1 cm³/mol. The van der Waals surface area contributed by atoms with Gasteiger partial charge >= 0.3 is 5.97 Å². The molecule has 0 saturated heterocycles. The van der Waals surface area contributed by atoms with E-state index in [2.05, 4.69) is 11.9 Å². The number of unbranched alkanes of at least 4 members (excludes halogenated alkanes) is 6. The van der Waals surface area contributed by atoms with E-state index in [0.717, 1.165) is 12.2 Å². The maximum absolute atomic E-state index is 12.0. The van der Waals surface area contributed by atoms with Gasteiger partial charge in [-0.25, -0.2) is 4.79 Å². The molecule has 0 bridgehead atoms. The van der Waals surface area contributed by atoms with Crippen LogP contribution in [0, 0.1) is 0 Å². The lowest BCUT2D eigenvalue weighted by molar-refractivity contribution is 0.0734. The second-order valence-corrected chi connectivity index (χ2v) is 6.07. The van der Waals surface area contributed by atoms with E-state index in [1.165, 1.54) is 38.5 Å². The molecular weight excluding hydrogens is 314 g/mol. The van der Waals surface area contributed by atoms with Crippen molar-refractivity contribution in [3.63, 3.8) is 0 Å². The zero-order valence-electron chi connectivity index (χ0n) is 14.9. The van der Waals surface area contributed by atoms with Gasteiger partial charge < -0.3 is 9.47 Å². The molecule has 1 aromatic carbocycles. The first kappa shape index (κ1) is 19.0. The van der Waals surface area contributed by atoms with Gasteiger partial charge in [0.25, 0.3) is 0 Å². The first-order valence-corrected chi connectivity index (χ1v) is 9.14. The molecule has 4 heteroatoms. The molecule has 0 fully saturated rings. The van der Waals surface area contributed by atoms with E-state index in [1.54, 1.807) is 36.7 Å². The fourth-order valence-corrected chi connectivity index (χ4v) is 2.51. The molecule has 0 radical (unpaired) electrons. The monoisotopic (exact) mass is 341 g/mol. The highest BCUT2D eigenvalue weighted by Crippen LogP contribution is 2.16. The minimum Gasteiger partial charge on any atom is -0.494 e. The number of esters is 1. The number of hydrogen-bond donors (Lipinski definition) is 0. The summed E-state index contributed by atoms with van der Waals surface area (Å²) in [6.45, 7) is 2.95. The van der Waals surface area contributed by atoms with Crippen molar-refractivity contribution in [2.24, 2.45) is 0 Å². The van der Waals surface area contributed by atoms with Crippen LogP contribution in [0.3, 0.4) is 0 Å². The highest BCUT2D eigenvalue weighted by atomic mass is 16.5. The van der Waals surface area contributed by atoms with Gasteiger partial charge in [0, 0.05) is 12.4 Å². The van der Waals surface area contributed by atoms with Gasteiger partial charge in [-0.1, -0.05) is 45.4 Å². The van der Waals surface area contributed by atoms with Crippen LogP contribution in [0.1, 0.15) is 62.2 Å². The van der Waals surface area contributed by atoms with Crippen molar-refractivity contribution in [1.29, 1.82) is 0 Å². The molecule has 0 spiro atoms. The van der Waals surface area contributed by atoms with Crippen LogP contribution in [-0.2, 0) is 0 Å². The molecule has 1 heterocycles. The van der Waals surface area contributed by atoms with Crippen LogP contribution in [-0.4, -0.2) is 17.6 Å². The predicted octanol–water partition coefficient (Wildman–Crippen LogP) is 5.43. The number of nitrogens with zero attached hydrogens (tertiary/aromatic N) is 1. The van der Waals surface area contributed by atoms with Crippen molar-refractivity contribution < 1.29 is 14.3 Å². The molecule has 2 rings (SSSR count). The average Bonchev–Trinajstić information content (AvgIpc) is 2.65. The van der Waals surface area contributed by atoms with Gasteiger partial charge in [-0.2, -0.15) is 0 Å². The molecule has 2 aromatic rings. The van der Waals surface area contributed by atoms with Gasteiger partial charge in [0.15, 0.2) is 0 Å². The molecular formula is C21H27NO3. The van der Waals surface area contributed by atoms with Gasteiger partial charge in [-0.3, -0.25) is 4.98 Å². The van der Waals surface area contributed by atoms with Crippen LogP contribution in [0.15, 0.2) is 48.8 Å². The summed E-state index contributed by atoms with van der Waals surface area (Å²) in [6.07, 6.45) is 12.0. The Kier molecular flexibility index (Phi) is 8.53. The molecule has 0 aliphatic carbocycles. The third-order valence-corrected chi connectivity index (χ3v) is 3.97. The lowest BCUT2D eigenvalue weighted by atomic mass is 10.1. The Morgan fingerprint density at radius 2 is 1.48 bits per heavy atom. The van der Waals surface area contributed by atoms with E-state index in [-0.39, 0.29) is 5.97 Å². The summed E-state index contributed by atoms with van der Waals surface area (Å²) in [5, 5.41) is 0. The summed E-state index contributed by atoms with van der Waals surface area (Å²) in [5.74, 6) is 0.885. The van der Waals surface area contributed by atoms with Crippen molar-refractivity contribution >= 4 is 5.97 Å². The van der Waals surface area contributed by atoms with Crippen molar-refractivity contribution in [3.05, 3.63) is 54.4 Å². The molecule has 0 N–H and O–H groups in total. The molecule has 0 aliphatic rings. The third kappa shape index (κ3) is 7.38. The summed E-state index contributed by atoms with van der Waals surface area (Å²) in [6, 6.07) is 10.4. The SMILES string of the molecule is CCCCCCCCCOc1ccc(C(=O)Oc2ccncc2)cc1. The van der Waals surface area contributed by atoms with Crippen LogP contribution >= 0.6 is 0 Å². The van der Waals surface area contributed by atoms with Crippen LogP contribution in [0.2, 0.25) is 0 Å². The summed E-state index contributed by atoms with van der Waals surface area (Å²) < 4.78 is 11.0. The Hall–Kier alpha value is -2.36. The number of hydrogen-bond acceptors (Lipinski definition) is 4. The third-order valence-electron chi connectivity index (χ3n) is 3.97. The lowest BCUT2D eigenvalue weighted by Gasteiger charge is -2.07. The standard InChI is InChI=1S/C21H27NO3/c1-2-3-4-5-6-7-8-17-24-19-11-9-18(10-12-19)21(23)25-20-13-15-22-16-14-20/h9-16H,2-8,17H2,1H3. The topological polar surface area (TPSA) is 48.4 Å². The summed E-state index contributed by atoms with van der Waals surface area (Å²) in [5.41, 5.74) is 0.500. The van der Waals surface area contributed by atoms with Crippen molar-refractivity contribution in [2.75, 3.05) is 6.61 Å². The maximum atomic E-state index is 12.0.